The SMILES string of the molecule is NC1(CN2CC(Oc3ccc4c(c3C(=O)[O-])O[B-](O)(O)[C@@H]3C[C@H]43)C2)CC1. The Kier molecular flexibility index (Phi) is 3.23. The fourth-order valence-electron chi connectivity index (χ4n) is 4.27. The third-order valence-electron chi connectivity index (χ3n) is 6.09. The average Bonchev–Trinajstić information content (AvgIpc) is 3.40. The normalized spacial score (nSPS) is 30.4. The molecule has 0 amide bonds. The van der Waals surface area contributed by atoms with Crippen LogP contribution in [0.15, 0.2) is 12.1 Å². The van der Waals surface area contributed by atoms with Gasteiger partial charge in [-0.3, -0.25) is 4.90 Å². The highest BCUT2D eigenvalue weighted by Gasteiger charge is 2.55. The summed E-state index contributed by atoms with van der Waals surface area (Å²) >= 11 is 0. The second kappa shape index (κ2) is 5.13. The number of nitrogens with two attached hydrogens (primary N) is 1. The molecule has 2 aliphatic heterocycles. The summed E-state index contributed by atoms with van der Waals surface area (Å²) < 4.78 is 11.1. The molecule has 1 aromatic carbocycles. The fourth-order valence-corrected chi connectivity index (χ4v) is 4.27. The first-order chi connectivity index (χ1) is 12.3. The number of carboxylic acid groups (broad SMARTS) is 1. The topological polar surface area (TPSA) is 128 Å². The molecule has 0 radical (unpaired) electrons. The molecule has 0 unspecified atom stereocenters. The number of nitrogens with zero attached hydrogens (tertiary/aromatic N) is 1. The molecule has 26 heavy (non-hydrogen) atoms. The summed E-state index contributed by atoms with van der Waals surface area (Å²) in [5.41, 5.74) is 6.49. The van der Waals surface area contributed by atoms with E-state index in [4.69, 9.17) is 15.1 Å². The van der Waals surface area contributed by atoms with E-state index in [9.17, 15) is 19.9 Å². The van der Waals surface area contributed by atoms with Gasteiger partial charge in [-0.25, -0.2) is 0 Å². The second-order valence-electron chi connectivity index (χ2n) is 8.33. The van der Waals surface area contributed by atoms with Gasteiger partial charge in [-0.2, -0.15) is 0 Å². The van der Waals surface area contributed by atoms with Crippen molar-refractivity contribution in [3.63, 3.8) is 0 Å². The first kappa shape index (κ1) is 16.4. The summed E-state index contributed by atoms with van der Waals surface area (Å²) in [5, 5.41) is 31.8. The van der Waals surface area contributed by atoms with Gasteiger partial charge in [-0.05, 0) is 30.4 Å². The second-order valence-corrected chi connectivity index (χ2v) is 8.33. The van der Waals surface area contributed by atoms with Gasteiger partial charge >= 0.3 is 6.75 Å². The largest absolute Gasteiger partial charge is 0.669 e. The molecule has 0 aromatic heterocycles. The zero-order chi connectivity index (χ0) is 18.3. The molecule has 2 atom stereocenters. The zero-order valence-corrected chi connectivity index (χ0v) is 14.3. The van der Waals surface area contributed by atoms with Crippen LogP contribution in [0.25, 0.3) is 0 Å². The summed E-state index contributed by atoms with van der Waals surface area (Å²) in [7, 11) is 0. The Bertz CT molecular complexity index is 790. The van der Waals surface area contributed by atoms with Gasteiger partial charge in [0.05, 0.1) is 17.3 Å². The van der Waals surface area contributed by atoms with Crippen LogP contribution in [0, 0.1) is 0 Å². The van der Waals surface area contributed by atoms with Gasteiger partial charge in [0.1, 0.15) is 11.9 Å². The van der Waals surface area contributed by atoms with E-state index in [1.807, 2.05) is 0 Å². The minimum absolute atomic E-state index is 0.0266. The molecule has 140 valence electrons. The lowest BCUT2D eigenvalue weighted by molar-refractivity contribution is -0.255. The number of hydrogen-bond acceptors (Lipinski definition) is 8. The van der Waals surface area contributed by atoms with Crippen LogP contribution >= 0.6 is 0 Å². The van der Waals surface area contributed by atoms with Gasteiger partial charge in [-0.1, -0.05) is 18.3 Å². The minimum Gasteiger partial charge on any atom is -0.669 e. The maximum absolute atomic E-state index is 11.7. The summed E-state index contributed by atoms with van der Waals surface area (Å²) in [6, 6.07) is 3.37. The van der Waals surface area contributed by atoms with Crippen molar-refractivity contribution in [1.29, 1.82) is 0 Å². The number of rotatable bonds is 5. The third kappa shape index (κ3) is 2.58. The Morgan fingerprint density at radius 3 is 2.81 bits per heavy atom. The van der Waals surface area contributed by atoms with Gasteiger partial charge in [0.15, 0.2) is 0 Å². The maximum Gasteiger partial charge on any atom is 0.434 e. The maximum atomic E-state index is 11.7. The van der Waals surface area contributed by atoms with Crippen LogP contribution in [0.4, 0.5) is 0 Å². The van der Waals surface area contributed by atoms with Crippen molar-refractivity contribution < 1.29 is 29.3 Å². The molecule has 0 spiro atoms. The molecular formula is C17H21BN2O6-2. The average molecular weight is 360 g/mol. The van der Waals surface area contributed by atoms with Crippen molar-refractivity contribution in [3.8, 4) is 11.5 Å². The van der Waals surface area contributed by atoms with Gasteiger partial charge in [-0.15, -0.1) is 0 Å². The molecule has 9 heteroatoms. The molecular weight excluding hydrogens is 339 g/mol. The van der Waals surface area contributed by atoms with Crippen molar-refractivity contribution in [3.05, 3.63) is 23.3 Å². The van der Waals surface area contributed by atoms with Crippen molar-refractivity contribution in [2.75, 3.05) is 19.6 Å². The first-order valence-electron chi connectivity index (χ1n) is 9.10. The van der Waals surface area contributed by atoms with E-state index in [0.717, 1.165) is 19.4 Å². The predicted molar refractivity (Wildman–Crippen MR) is 89.7 cm³/mol. The molecule has 5 rings (SSSR count). The number of hydrogen-bond donors (Lipinski definition) is 3. The Hall–Kier alpha value is -1.81. The molecule has 4 aliphatic rings. The minimum atomic E-state index is -3.05. The monoisotopic (exact) mass is 360 g/mol. The number of carbonyl (C=O) groups is 1. The Morgan fingerprint density at radius 1 is 1.42 bits per heavy atom. The molecule has 3 fully saturated rings. The van der Waals surface area contributed by atoms with E-state index in [1.165, 1.54) is 0 Å². The quantitative estimate of drug-likeness (QED) is 0.558. The number of aromatic carboxylic acids is 1. The highest BCUT2D eigenvalue weighted by Crippen LogP contribution is 2.63. The Morgan fingerprint density at radius 2 is 2.15 bits per heavy atom. The van der Waals surface area contributed by atoms with Gasteiger partial charge in [0, 0.05) is 25.2 Å². The summed E-state index contributed by atoms with van der Waals surface area (Å²) in [6.45, 7) is -0.857. The van der Waals surface area contributed by atoms with Crippen molar-refractivity contribution in [2.24, 2.45) is 5.73 Å². The molecule has 2 saturated carbocycles. The lowest BCUT2D eigenvalue weighted by atomic mass is 9.68. The van der Waals surface area contributed by atoms with E-state index < -0.39 is 12.7 Å². The predicted octanol–water partition coefficient (Wildman–Crippen LogP) is -1.22. The van der Waals surface area contributed by atoms with E-state index >= 15 is 0 Å². The molecule has 1 aromatic rings. The van der Waals surface area contributed by atoms with Crippen LogP contribution < -0.4 is 20.2 Å². The lowest BCUT2D eigenvalue weighted by Gasteiger charge is -2.41. The number of ether oxygens (including phenoxy) is 1. The highest BCUT2D eigenvalue weighted by atomic mass is 16.6. The van der Waals surface area contributed by atoms with Gasteiger partial charge in [0.2, 0.25) is 0 Å². The van der Waals surface area contributed by atoms with Crippen LogP contribution in [0.2, 0.25) is 5.82 Å². The number of fused-ring (bicyclic) bond motifs is 3. The van der Waals surface area contributed by atoms with Crippen LogP contribution in [-0.4, -0.2) is 58.9 Å². The van der Waals surface area contributed by atoms with Crippen LogP contribution in [-0.2, 0) is 0 Å². The lowest BCUT2D eigenvalue weighted by Crippen LogP contribution is -2.57. The van der Waals surface area contributed by atoms with Crippen molar-refractivity contribution in [2.45, 2.75) is 42.6 Å². The molecule has 8 nitrogen and oxygen atoms in total. The summed E-state index contributed by atoms with van der Waals surface area (Å²) in [6.07, 6.45) is 2.52. The molecule has 2 aliphatic carbocycles. The molecule has 2 heterocycles. The number of benzene rings is 1. The van der Waals surface area contributed by atoms with Gasteiger partial charge in [0.25, 0.3) is 0 Å². The van der Waals surface area contributed by atoms with E-state index in [2.05, 4.69) is 4.90 Å². The Labute approximate surface area is 150 Å². The third-order valence-corrected chi connectivity index (χ3v) is 6.09. The molecule has 1 saturated heterocycles. The highest BCUT2D eigenvalue weighted by molar-refractivity contribution is 6.62. The summed E-state index contributed by atoms with van der Waals surface area (Å²) in [4.78, 5) is 13.9. The first-order valence-corrected chi connectivity index (χ1v) is 9.10. The Balaban J connectivity index is 1.36. The number of likely N-dealkylation sites (tertiary alicyclic amines) is 1. The van der Waals surface area contributed by atoms with Crippen LogP contribution in [0.5, 0.6) is 11.5 Å². The molecule has 4 N–H and O–H groups in total. The van der Waals surface area contributed by atoms with Crippen LogP contribution in [0.3, 0.4) is 0 Å². The molecule has 0 bridgehead atoms. The number of carbonyl (C=O) groups excluding carboxylic acids is 1. The smallest absolute Gasteiger partial charge is 0.434 e. The van der Waals surface area contributed by atoms with E-state index in [-0.39, 0.29) is 40.4 Å². The fraction of sp³-hybridized carbons (Fsp3) is 0.588. The number of carboxylic acids is 1. The zero-order valence-electron chi connectivity index (χ0n) is 14.3. The standard InChI is InChI=1S/C17H22BN2O6/c19-17(3-4-17)8-20-6-9(7-20)25-13-2-1-10-11-5-12(11)18(23,24)26-15(10)14(13)16(21)22/h1-2,9,11-12,23-24H,3-8,19H2,(H,21,22)/q-1/p-1/t11-,12-/m1/s1. The van der Waals surface area contributed by atoms with Crippen molar-refractivity contribution >= 4 is 12.7 Å². The van der Waals surface area contributed by atoms with Gasteiger partial charge < -0.3 is 35.1 Å². The van der Waals surface area contributed by atoms with E-state index in [1.54, 1.807) is 12.1 Å². The van der Waals surface area contributed by atoms with Crippen LogP contribution in [0.1, 0.15) is 41.1 Å². The summed E-state index contributed by atoms with van der Waals surface area (Å²) in [5.74, 6) is -1.78. The van der Waals surface area contributed by atoms with Crippen molar-refractivity contribution in [1.82, 2.24) is 4.90 Å². The van der Waals surface area contributed by atoms with E-state index in [0.29, 0.717) is 25.1 Å².